The fraction of sp³-hybridized carbons (Fsp3) is 0.500. The third-order valence-corrected chi connectivity index (χ3v) is 4.31. The first-order valence-electron chi connectivity index (χ1n) is 8.45. The van der Waals surface area contributed by atoms with Gasteiger partial charge in [-0.2, -0.15) is 0 Å². The molecule has 1 aromatic rings. The monoisotopic (exact) mass is 332 g/mol. The summed E-state index contributed by atoms with van der Waals surface area (Å²) in [5.74, 6) is -2.37. The van der Waals surface area contributed by atoms with Crippen LogP contribution in [0, 0.1) is 11.8 Å². The molecule has 0 unspecified atom stereocenters. The maximum Gasteiger partial charge on any atom is 0.307 e. The number of hydrogen-bond donors (Lipinski definition) is 3. The molecule has 1 saturated carbocycles. The third-order valence-electron chi connectivity index (χ3n) is 4.31. The van der Waals surface area contributed by atoms with Gasteiger partial charge in [0.05, 0.1) is 11.8 Å². The number of carbonyl (C=O) groups is 3. The average molecular weight is 332 g/mol. The summed E-state index contributed by atoms with van der Waals surface area (Å²) in [6.45, 7) is 1.93. The summed E-state index contributed by atoms with van der Waals surface area (Å²) < 4.78 is 0. The van der Waals surface area contributed by atoms with Crippen LogP contribution in [0.1, 0.15) is 45.4 Å². The van der Waals surface area contributed by atoms with Crippen LogP contribution in [0.5, 0.6) is 0 Å². The van der Waals surface area contributed by atoms with Gasteiger partial charge in [0.15, 0.2) is 0 Å². The number of hydrogen-bond acceptors (Lipinski definition) is 3. The molecular formula is C18H24N2O4. The van der Waals surface area contributed by atoms with Gasteiger partial charge >= 0.3 is 5.97 Å². The van der Waals surface area contributed by atoms with Gasteiger partial charge in [0, 0.05) is 17.8 Å². The van der Waals surface area contributed by atoms with Gasteiger partial charge in [-0.1, -0.05) is 25.8 Å². The van der Waals surface area contributed by atoms with Gasteiger partial charge in [-0.15, -0.1) is 0 Å². The highest BCUT2D eigenvalue weighted by Gasteiger charge is 2.35. The molecule has 0 saturated heterocycles. The minimum atomic E-state index is -0.907. The van der Waals surface area contributed by atoms with E-state index in [1.165, 1.54) is 0 Å². The number of amides is 2. The molecule has 3 N–H and O–H groups in total. The van der Waals surface area contributed by atoms with Crippen LogP contribution in [0.15, 0.2) is 24.3 Å². The maximum atomic E-state index is 12.5. The highest BCUT2D eigenvalue weighted by atomic mass is 16.4. The Morgan fingerprint density at radius 3 is 2.33 bits per heavy atom. The topological polar surface area (TPSA) is 95.5 Å². The van der Waals surface area contributed by atoms with Crippen molar-refractivity contribution >= 4 is 29.2 Å². The Labute approximate surface area is 141 Å². The zero-order chi connectivity index (χ0) is 17.5. The second kappa shape index (κ2) is 8.47. The van der Waals surface area contributed by atoms with Gasteiger partial charge in [0.25, 0.3) is 0 Å². The zero-order valence-corrected chi connectivity index (χ0v) is 13.9. The van der Waals surface area contributed by atoms with E-state index in [2.05, 4.69) is 10.6 Å². The van der Waals surface area contributed by atoms with E-state index in [4.69, 9.17) is 0 Å². The predicted octanol–water partition coefficient (Wildman–Crippen LogP) is 3.25. The molecule has 1 aliphatic carbocycles. The molecule has 0 heterocycles. The van der Waals surface area contributed by atoms with E-state index in [1.54, 1.807) is 24.3 Å². The maximum absolute atomic E-state index is 12.5. The molecular weight excluding hydrogens is 308 g/mol. The first-order valence-corrected chi connectivity index (χ1v) is 8.45. The number of carbonyl (C=O) groups excluding carboxylic acids is 2. The molecule has 0 spiro atoms. The minimum absolute atomic E-state index is 0.0702. The Morgan fingerprint density at radius 1 is 1.08 bits per heavy atom. The standard InChI is InChI=1S/C18H24N2O4/c1-2-6-16(21)19-12-7-5-8-13(11-12)20-17(22)14-9-3-4-10-15(14)18(23)24/h5,7-8,11,14-15H,2-4,6,9-10H2,1H3,(H,19,21)(H,20,22)(H,23,24)/t14-,15+/m0/s1. The second-order valence-electron chi connectivity index (χ2n) is 6.20. The Kier molecular flexibility index (Phi) is 6.35. The first kappa shape index (κ1) is 18.0. The lowest BCUT2D eigenvalue weighted by molar-refractivity contribution is -0.147. The molecule has 130 valence electrons. The van der Waals surface area contributed by atoms with Gasteiger partial charge < -0.3 is 15.7 Å². The Bertz CT molecular complexity index is 615. The third kappa shape index (κ3) is 4.81. The highest BCUT2D eigenvalue weighted by Crippen LogP contribution is 2.31. The van der Waals surface area contributed by atoms with E-state index in [0.29, 0.717) is 30.6 Å². The summed E-state index contributed by atoms with van der Waals surface area (Å²) in [5, 5.41) is 14.9. The molecule has 6 heteroatoms. The first-order chi connectivity index (χ1) is 11.5. The van der Waals surface area contributed by atoms with Crippen molar-refractivity contribution in [1.82, 2.24) is 0 Å². The minimum Gasteiger partial charge on any atom is -0.481 e. The predicted molar refractivity (Wildman–Crippen MR) is 91.7 cm³/mol. The largest absolute Gasteiger partial charge is 0.481 e. The van der Waals surface area contributed by atoms with Gasteiger partial charge in [-0.25, -0.2) is 0 Å². The van der Waals surface area contributed by atoms with Crippen LogP contribution in [0.4, 0.5) is 11.4 Å². The number of carboxylic acid groups (broad SMARTS) is 1. The smallest absolute Gasteiger partial charge is 0.307 e. The fourth-order valence-corrected chi connectivity index (χ4v) is 3.10. The van der Waals surface area contributed by atoms with E-state index in [0.717, 1.165) is 19.3 Å². The molecule has 2 rings (SSSR count). The lowest BCUT2D eigenvalue weighted by Crippen LogP contribution is -2.36. The van der Waals surface area contributed by atoms with Gasteiger partial charge in [0.2, 0.25) is 11.8 Å². The summed E-state index contributed by atoms with van der Waals surface area (Å²) >= 11 is 0. The number of aliphatic carboxylic acids is 1. The lowest BCUT2D eigenvalue weighted by atomic mass is 9.78. The fourth-order valence-electron chi connectivity index (χ4n) is 3.10. The summed E-state index contributed by atoms with van der Waals surface area (Å²) in [5.41, 5.74) is 1.17. The van der Waals surface area contributed by atoms with E-state index < -0.39 is 17.8 Å². The van der Waals surface area contributed by atoms with Crippen LogP contribution in [-0.2, 0) is 14.4 Å². The quantitative estimate of drug-likeness (QED) is 0.745. The van der Waals surface area contributed by atoms with Gasteiger partial charge in [-0.05, 0) is 37.5 Å². The molecule has 0 radical (unpaired) electrons. The van der Waals surface area contributed by atoms with Crippen molar-refractivity contribution in [1.29, 1.82) is 0 Å². The molecule has 1 aromatic carbocycles. The highest BCUT2D eigenvalue weighted by molar-refractivity contribution is 5.96. The van der Waals surface area contributed by atoms with Crippen molar-refractivity contribution in [3.63, 3.8) is 0 Å². The van der Waals surface area contributed by atoms with Crippen LogP contribution in [0.2, 0.25) is 0 Å². The molecule has 0 bridgehead atoms. The SMILES string of the molecule is CCCC(=O)Nc1cccc(NC(=O)[C@H]2CCCC[C@H]2C(=O)O)c1. The second-order valence-corrected chi connectivity index (χ2v) is 6.20. The van der Waals surface area contributed by atoms with Crippen LogP contribution in [-0.4, -0.2) is 22.9 Å². The van der Waals surface area contributed by atoms with Crippen molar-refractivity contribution in [3.05, 3.63) is 24.3 Å². The van der Waals surface area contributed by atoms with Crippen molar-refractivity contribution < 1.29 is 19.5 Å². The Balaban J connectivity index is 2.03. The number of anilines is 2. The summed E-state index contributed by atoms with van der Waals surface area (Å²) in [4.78, 5) is 35.4. The summed E-state index contributed by atoms with van der Waals surface area (Å²) in [6.07, 6.45) is 4.06. The number of benzene rings is 1. The Morgan fingerprint density at radius 2 is 1.71 bits per heavy atom. The van der Waals surface area contributed by atoms with E-state index in [-0.39, 0.29) is 11.8 Å². The molecule has 1 fully saturated rings. The molecule has 2 atom stereocenters. The molecule has 1 aliphatic rings. The molecule has 2 amide bonds. The van der Waals surface area contributed by atoms with E-state index in [9.17, 15) is 19.5 Å². The number of nitrogens with one attached hydrogen (secondary N) is 2. The molecule has 0 aromatic heterocycles. The average Bonchev–Trinajstić information content (AvgIpc) is 2.55. The summed E-state index contributed by atoms with van der Waals surface area (Å²) in [7, 11) is 0. The van der Waals surface area contributed by atoms with E-state index in [1.807, 2.05) is 6.92 Å². The number of rotatable bonds is 6. The molecule has 6 nitrogen and oxygen atoms in total. The van der Waals surface area contributed by atoms with Crippen molar-refractivity contribution in [3.8, 4) is 0 Å². The summed E-state index contributed by atoms with van der Waals surface area (Å²) in [6, 6.07) is 6.91. The Hall–Kier alpha value is -2.37. The van der Waals surface area contributed by atoms with E-state index >= 15 is 0 Å². The van der Waals surface area contributed by atoms with Crippen LogP contribution < -0.4 is 10.6 Å². The van der Waals surface area contributed by atoms with Crippen molar-refractivity contribution in [2.45, 2.75) is 45.4 Å². The van der Waals surface area contributed by atoms with Crippen LogP contribution >= 0.6 is 0 Å². The molecule has 0 aliphatic heterocycles. The van der Waals surface area contributed by atoms with Crippen molar-refractivity contribution in [2.24, 2.45) is 11.8 Å². The van der Waals surface area contributed by atoms with Crippen LogP contribution in [0.3, 0.4) is 0 Å². The van der Waals surface area contributed by atoms with Gasteiger partial charge in [0.1, 0.15) is 0 Å². The van der Waals surface area contributed by atoms with Gasteiger partial charge in [-0.3, -0.25) is 14.4 Å². The molecule has 24 heavy (non-hydrogen) atoms. The normalized spacial score (nSPS) is 20.2. The van der Waals surface area contributed by atoms with Crippen LogP contribution in [0.25, 0.3) is 0 Å². The lowest BCUT2D eigenvalue weighted by Gasteiger charge is -2.27. The van der Waals surface area contributed by atoms with Crippen molar-refractivity contribution in [2.75, 3.05) is 10.6 Å². The zero-order valence-electron chi connectivity index (χ0n) is 13.9. The number of carboxylic acids is 1.